The van der Waals surface area contributed by atoms with Gasteiger partial charge in [0.05, 0.1) is 5.69 Å². The van der Waals surface area contributed by atoms with Gasteiger partial charge in [-0.05, 0) is 30.5 Å². The number of carbonyl (C=O) groups is 1. The SMILES string of the molecule is O=C1CCc2c(OCC3=CCN(c4c(F)cc(F)cc4F)CC3)ccc(F)c2N1. The lowest BCUT2D eigenvalue weighted by molar-refractivity contribution is -0.116. The Morgan fingerprint density at radius 3 is 2.45 bits per heavy atom. The Balaban J connectivity index is 1.44. The summed E-state index contributed by atoms with van der Waals surface area (Å²) in [7, 11) is 0. The number of fused-ring (bicyclic) bond motifs is 1. The predicted molar refractivity (Wildman–Crippen MR) is 100 cm³/mol. The summed E-state index contributed by atoms with van der Waals surface area (Å²) in [6.45, 7) is 0.857. The Morgan fingerprint density at radius 1 is 1.00 bits per heavy atom. The maximum Gasteiger partial charge on any atom is 0.224 e. The van der Waals surface area contributed by atoms with Gasteiger partial charge in [-0.15, -0.1) is 0 Å². The summed E-state index contributed by atoms with van der Waals surface area (Å²) in [5.41, 5.74) is 1.47. The van der Waals surface area contributed by atoms with Crippen molar-refractivity contribution in [2.75, 3.05) is 29.9 Å². The summed E-state index contributed by atoms with van der Waals surface area (Å²) in [6, 6.07) is 4.11. The molecule has 1 N–H and O–H groups in total. The average Bonchev–Trinajstić information content (AvgIpc) is 2.68. The highest BCUT2D eigenvalue weighted by atomic mass is 19.1. The molecule has 0 spiro atoms. The Morgan fingerprint density at radius 2 is 1.76 bits per heavy atom. The highest BCUT2D eigenvalue weighted by Crippen LogP contribution is 2.34. The zero-order chi connectivity index (χ0) is 20.5. The normalized spacial score (nSPS) is 16.2. The Bertz CT molecular complexity index is 983. The molecule has 29 heavy (non-hydrogen) atoms. The topological polar surface area (TPSA) is 41.6 Å². The first-order valence-corrected chi connectivity index (χ1v) is 9.24. The summed E-state index contributed by atoms with van der Waals surface area (Å²) >= 11 is 0. The van der Waals surface area contributed by atoms with Crippen LogP contribution in [0.5, 0.6) is 5.75 Å². The lowest BCUT2D eigenvalue weighted by atomic mass is 10.0. The summed E-state index contributed by atoms with van der Waals surface area (Å²) < 4.78 is 60.8. The minimum Gasteiger partial charge on any atom is -0.489 e. The lowest BCUT2D eigenvalue weighted by Gasteiger charge is -2.29. The molecule has 0 radical (unpaired) electrons. The number of carbonyl (C=O) groups excluding carboxylic acids is 1. The summed E-state index contributed by atoms with van der Waals surface area (Å²) in [6.07, 6.45) is 2.98. The first-order chi connectivity index (χ1) is 13.9. The van der Waals surface area contributed by atoms with Crippen LogP contribution >= 0.6 is 0 Å². The number of amides is 1. The highest BCUT2D eigenvalue weighted by Gasteiger charge is 2.23. The van der Waals surface area contributed by atoms with Gasteiger partial charge in [0.15, 0.2) is 11.6 Å². The average molecular weight is 406 g/mol. The smallest absolute Gasteiger partial charge is 0.224 e. The molecule has 8 heteroatoms. The van der Waals surface area contributed by atoms with Gasteiger partial charge in [0.25, 0.3) is 0 Å². The maximum atomic E-state index is 14.0. The number of nitrogens with zero attached hydrogens (tertiary/aromatic N) is 1. The van der Waals surface area contributed by atoms with Gasteiger partial charge in [-0.1, -0.05) is 6.08 Å². The van der Waals surface area contributed by atoms with E-state index in [9.17, 15) is 22.4 Å². The predicted octanol–water partition coefficient (Wildman–Crippen LogP) is 4.34. The molecular formula is C21H18F4N2O2. The first kappa shape index (κ1) is 19.3. The number of rotatable bonds is 4. The molecule has 0 saturated carbocycles. The third-order valence-corrected chi connectivity index (χ3v) is 5.10. The van der Waals surface area contributed by atoms with Crippen LogP contribution in [0.3, 0.4) is 0 Å². The molecule has 0 atom stereocenters. The van der Waals surface area contributed by atoms with E-state index in [4.69, 9.17) is 4.74 Å². The van der Waals surface area contributed by atoms with Crippen LogP contribution in [0.4, 0.5) is 28.9 Å². The Labute approximate surface area is 164 Å². The molecule has 0 unspecified atom stereocenters. The van der Waals surface area contributed by atoms with Crippen molar-refractivity contribution in [1.29, 1.82) is 0 Å². The van der Waals surface area contributed by atoms with Crippen molar-refractivity contribution in [3.8, 4) is 5.75 Å². The van der Waals surface area contributed by atoms with E-state index in [1.54, 1.807) is 0 Å². The number of benzene rings is 2. The lowest BCUT2D eigenvalue weighted by Crippen LogP contribution is -2.31. The van der Waals surface area contributed by atoms with E-state index in [0.717, 1.165) is 5.57 Å². The fourth-order valence-electron chi connectivity index (χ4n) is 3.61. The fourth-order valence-corrected chi connectivity index (χ4v) is 3.61. The van der Waals surface area contributed by atoms with Crippen molar-refractivity contribution >= 4 is 17.3 Å². The maximum absolute atomic E-state index is 14.0. The monoisotopic (exact) mass is 406 g/mol. The zero-order valence-corrected chi connectivity index (χ0v) is 15.4. The van der Waals surface area contributed by atoms with Crippen LogP contribution in [0.15, 0.2) is 35.9 Å². The molecule has 152 valence electrons. The van der Waals surface area contributed by atoms with Crippen LogP contribution in [-0.2, 0) is 11.2 Å². The van der Waals surface area contributed by atoms with Crippen molar-refractivity contribution in [3.05, 3.63) is 64.7 Å². The number of hydrogen-bond donors (Lipinski definition) is 1. The van der Waals surface area contributed by atoms with E-state index in [1.165, 1.54) is 17.0 Å². The molecule has 1 amide bonds. The minimum atomic E-state index is -0.954. The molecule has 0 aromatic heterocycles. The van der Waals surface area contributed by atoms with E-state index in [2.05, 4.69) is 5.32 Å². The fraction of sp³-hybridized carbons (Fsp3) is 0.286. The Kier molecular flexibility index (Phi) is 5.17. The Hall–Kier alpha value is -3.03. The minimum absolute atomic E-state index is 0.157. The van der Waals surface area contributed by atoms with E-state index in [1.807, 2.05) is 6.08 Å². The zero-order valence-electron chi connectivity index (χ0n) is 15.4. The van der Waals surface area contributed by atoms with Crippen LogP contribution in [0.2, 0.25) is 0 Å². The molecule has 2 heterocycles. The standard InChI is InChI=1S/C21H18F4N2O2/c22-13-9-16(24)21(17(25)10-13)27-7-5-12(6-8-27)11-29-18-3-2-15(23)20-14(18)1-4-19(28)26-20/h2-3,5,9-10H,1,4,6-8,11H2,(H,26,28). The van der Waals surface area contributed by atoms with Crippen molar-refractivity contribution in [2.45, 2.75) is 19.3 Å². The first-order valence-electron chi connectivity index (χ1n) is 9.24. The van der Waals surface area contributed by atoms with Gasteiger partial charge in [0.1, 0.15) is 29.7 Å². The quantitative estimate of drug-likeness (QED) is 0.607. The number of hydrogen-bond acceptors (Lipinski definition) is 3. The number of anilines is 2. The second-order valence-corrected chi connectivity index (χ2v) is 7.01. The van der Waals surface area contributed by atoms with Crippen LogP contribution in [0.1, 0.15) is 18.4 Å². The third-order valence-electron chi connectivity index (χ3n) is 5.10. The summed E-state index contributed by atoms with van der Waals surface area (Å²) in [5, 5.41) is 2.53. The highest BCUT2D eigenvalue weighted by molar-refractivity contribution is 5.94. The number of nitrogens with one attached hydrogen (secondary N) is 1. The van der Waals surface area contributed by atoms with Crippen molar-refractivity contribution < 1.29 is 27.1 Å². The van der Waals surface area contributed by atoms with E-state index in [0.29, 0.717) is 42.8 Å². The van der Waals surface area contributed by atoms with Gasteiger partial charge >= 0.3 is 0 Å². The van der Waals surface area contributed by atoms with Gasteiger partial charge in [-0.25, -0.2) is 17.6 Å². The molecule has 0 saturated heterocycles. The molecule has 0 aliphatic carbocycles. The van der Waals surface area contributed by atoms with Crippen molar-refractivity contribution in [2.24, 2.45) is 0 Å². The largest absolute Gasteiger partial charge is 0.489 e. The summed E-state index contributed by atoms with van der Waals surface area (Å²) in [5.74, 6) is -3.06. The molecule has 0 fully saturated rings. The van der Waals surface area contributed by atoms with E-state index < -0.39 is 23.3 Å². The second kappa shape index (κ2) is 7.77. The van der Waals surface area contributed by atoms with Gasteiger partial charge < -0.3 is 15.0 Å². The van der Waals surface area contributed by atoms with Crippen LogP contribution in [0.25, 0.3) is 0 Å². The molecule has 2 aromatic carbocycles. The van der Waals surface area contributed by atoms with E-state index >= 15 is 0 Å². The van der Waals surface area contributed by atoms with Crippen LogP contribution in [-0.4, -0.2) is 25.6 Å². The third kappa shape index (κ3) is 3.92. The molecule has 4 nitrogen and oxygen atoms in total. The van der Waals surface area contributed by atoms with Gasteiger partial charge in [0, 0.05) is 37.2 Å². The molecule has 4 rings (SSSR count). The molecule has 2 aromatic rings. The van der Waals surface area contributed by atoms with Gasteiger partial charge in [-0.3, -0.25) is 4.79 Å². The number of ether oxygens (including phenoxy) is 1. The molecule has 2 aliphatic heterocycles. The van der Waals surface area contributed by atoms with E-state index in [-0.39, 0.29) is 36.9 Å². The van der Waals surface area contributed by atoms with Gasteiger partial charge in [-0.2, -0.15) is 0 Å². The molecule has 0 bridgehead atoms. The number of halogens is 4. The van der Waals surface area contributed by atoms with Crippen LogP contribution in [0, 0.1) is 23.3 Å². The van der Waals surface area contributed by atoms with Crippen molar-refractivity contribution in [1.82, 2.24) is 0 Å². The van der Waals surface area contributed by atoms with Crippen molar-refractivity contribution in [3.63, 3.8) is 0 Å². The summed E-state index contributed by atoms with van der Waals surface area (Å²) in [4.78, 5) is 13.0. The van der Waals surface area contributed by atoms with Crippen LogP contribution < -0.4 is 15.0 Å². The second-order valence-electron chi connectivity index (χ2n) is 7.01. The molecule has 2 aliphatic rings. The van der Waals surface area contributed by atoms with Gasteiger partial charge in [0.2, 0.25) is 5.91 Å². The molecular weight excluding hydrogens is 388 g/mol.